The van der Waals surface area contributed by atoms with E-state index in [1.807, 2.05) is 7.05 Å². The quantitative estimate of drug-likeness (QED) is 0.723. The minimum absolute atomic E-state index is 0. The molecule has 1 amide bonds. The van der Waals surface area contributed by atoms with Crippen LogP contribution < -0.4 is 5.32 Å². The molecule has 26 heavy (non-hydrogen) atoms. The van der Waals surface area contributed by atoms with Gasteiger partial charge in [0.2, 0.25) is 10.0 Å². The van der Waals surface area contributed by atoms with Gasteiger partial charge in [-0.15, -0.1) is 12.4 Å². The molecule has 0 radical (unpaired) electrons. The Morgan fingerprint density at radius 3 is 2.69 bits per heavy atom. The summed E-state index contributed by atoms with van der Waals surface area (Å²) in [6, 6.07) is 6.50. The van der Waals surface area contributed by atoms with Gasteiger partial charge in [0.1, 0.15) is 0 Å². The van der Waals surface area contributed by atoms with Crippen molar-refractivity contribution < 1.29 is 13.2 Å². The van der Waals surface area contributed by atoms with E-state index in [9.17, 15) is 13.2 Å². The van der Waals surface area contributed by atoms with E-state index in [1.54, 1.807) is 40.5 Å². The minimum atomic E-state index is -3.69. The largest absolute Gasteiger partial charge is 0.342 e. The molecule has 1 aromatic rings. The summed E-state index contributed by atoms with van der Waals surface area (Å²) in [5.41, 5.74) is 0.260. The number of nitrogens with zero attached hydrogens (tertiary/aromatic N) is 2. The third kappa shape index (κ3) is 4.97. The fourth-order valence-electron chi connectivity index (χ4n) is 3.26. The Hall–Kier alpha value is -1.15. The molecule has 2 rings (SSSR count). The lowest BCUT2D eigenvalue weighted by Gasteiger charge is -2.25. The molecule has 0 bridgehead atoms. The fourth-order valence-corrected chi connectivity index (χ4v) is 5.14. The number of likely N-dealkylation sites (N-methyl/N-ethyl adjacent to an activating group) is 1. The van der Waals surface area contributed by atoms with Gasteiger partial charge in [-0.25, -0.2) is 8.42 Å². The number of carbonyl (C=O) groups excluding carboxylic acids is 1. The van der Waals surface area contributed by atoms with Crippen LogP contribution in [0.2, 0.25) is 0 Å². The summed E-state index contributed by atoms with van der Waals surface area (Å²) in [7, 11) is -0.148. The van der Waals surface area contributed by atoms with Gasteiger partial charge in [-0.1, -0.05) is 25.5 Å². The van der Waals surface area contributed by atoms with Gasteiger partial charge in [0, 0.05) is 32.7 Å². The number of nitrogens with one attached hydrogen (secondary N) is 1. The Kier molecular flexibility index (Phi) is 9.03. The Morgan fingerprint density at radius 1 is 1.35 bits per heavy atom. The molecule has 0 saturated carbocycles. The van der Waals surface area contributed by atoms with Crippen molar-refractivity contribution in [2.75, 3.05) is 33.7 Å². The number of rotatable bonds is 8. The van der Waals surface area contributed by atoms with Gasteiger partial charge in [0.15, 0.2) is 0 Å². The number of halogens is 1. The third-order valence-electron chi connectivity index (χ3n) is 4.66. The molecule has 1 N–H and O–H groups in total. The molecule has 148 valence electrons. The van der Waals surface area contributed by atoms with E-state index in [0.717, 1.165) is 25.7 Å². The standard InChI is InChI=1S/C18H29N3O3S.ClH/c1-4-5-12-20(3)18(22)16-10-6-7-11-17(16)25(23,24)21-13-8-9-15(21)14-19-2;/h6-7,10-11,15,19H,4-5,8-9,12-14H2,1-3H3;1H. The Balaban J connectivity index is 0.00000338. The minimum Gasteiger partial charge on any atom is -0.342 e. The van der Waals surface area contributed by atoms with Crippen molar-refractivity contribution in [2.24, 2.45) is 0 Å². The summed E-state index contributed by atoms with van der Waals surface area (Å²) in [5, 5.41) is 3.06. The second-order valence-electron chi connectivity index (χ2n) is 6.55. The topological polar surface area (TPSA) is 69.7 Å². The van der Waals surface area contributed by atoms with Crippen LogP contribution in [0.5, 0.6) is 0 Å². The fraction of sp³-hybridized carbons (Fsp3) is 0.611. The molecule has 1 aromatic carbocycles. The van der Waals surface area contributed by atoms with Crippen LogP contribution in [0.15, 0.2) is 29.2 Å². The van der Waals surface area contributed by atoms with E-state index in [1.165, 1.54) is 0 Å². The number of unbranched alkanes of at least 4 members (excludes halogenated alkanes) is 1. The first-order valence-corrected chi connectivity index (χ1v) is 10.4. The Labute approximate surface area is 163 Å². The molecule has 1 atom stereocenters. The summed E-state index contributed by atoms with van der Waals surface area (Å²) in [6.45, 7) is 3.80. The second kappa shape index (κ2) is 10.3. The summed E-state index contributed by atoms with van der Waals surface area (Å²) < 4.78 is 28.0. The van der Waals surface area contributed by atoms with Gasteiger partial charge in [-0.3, -0.25) is 4.79 Å². The van der Waals surface area contributed by atoms with E-state index in [2.05, 4.69) is 12.2 Å². The summed E-state index contributed by atoms with van der Waals surface area (Å²) in [6.07, 6.45) is 3.56. The molecule has 0 aliphatic carbocycles. The first-order valence-electron chi connectivity index (χ1n) is 8.94. The lowest BCUT2D eigenvalue weighted by Crippen LogP contribution is -2.41. The SMILES string of the molecule is CCCCN(C)C(=O)c1ccccc1S(=O)(=O)N1CCCC1CNC.Cl. The monoisotopic (exact) mass is 403 g/mol. The molecule has 6 nitrogen and oxygen atoms in total. The highest BCUT2D eigenvalue weighted by Gasteiger charge is 2.37. The van der Waals surface area contributed by atoms with Crippen molar-refractivity contribution in [3.63, 3.8) is 0 Å². The summed E-state index contributed by atoms with van der Waals surface area (Å²) in [4.78, 5) is 14.5. The number of carbonyl (C=O) groups is 1. The van der Waals surface area contributed by atoms with Crippen LogP contribution in [-0.2, 0) is 10.0 Å². The van der Waals surface area contributed by atoms with Crippen molar-refractivity contribution in [2.45, 2.75) is 43.5 Å². The highest BCUT2D eigenvalue weighted by molar-refractivity contribution is 7.89. The maximum absolute atomic E-state index is 13.2. The van der Waals surface area contributed by atoms with Crippen LogP contribution in [0.3, 0.4) is 0 Å². The lowest BCUT2D eigenvalue weighted by atomic mass is 10.2. The highest BCUT2D eigenvalue weighted by atomic mass is 35.5. The van der Waals surface area contributed by atoms with Gasteiger partial charge in [-0.05, 0) is 38.4 Å². The van der Waals surface area contributed by atoms with Gasteiger partial charge < -0.3 is 10.2 Å². The first-order chi connectivity index (χ1) is 11.9. The van der Waals surface area contributed by atoms with Crippen LogP contribution in [0.4, 0.5) is 0 Å². The molecule has 1 fully saturated rings. The van der Waals surface area contributed by atoms with E-state index in [4.69, 9.17) is 0 Å². The molecule has 1 aliphatic rings. The molecule has 1 aliphatic heterocycles. The molecular weight excluding hydrogens is 374 g/mol. The van der Waals surface area contributed by atoms with Crippen molar-refractivity contribution in [3.05, 3.63) is 29.8 Å². The third-order valence-corrected chi connectivity index (χ3v) is 6.67. The number of hydrogen-bond donors (Lipinski definition) is 1. The normalized spacial score (nSPS) is 17.7. The second-order valence-corrected chi connectivity index (χ2v) is 8.40. The number of sulfonamides is 1. The summed E-state index contributed by atoms with van der Waals surface area (Å²) >= 11 is 0. The maximum Gasteiger partial charge on any atom is 0.254 e. The molecule has 1 heterocycles. The predicted octanol–water partition coefficient (Wildman–Crippen LogP) is 2.35. The zero-order valence-electron chi connectivity index (χ0n) is 15.8. The molecule has 1 saturated heterocycles. The van der Waals surface area contributed by atoms with Crippen molar-refractivity contribution in [1.82, 2.24) is 14.5 Å². The molecular formula is C18H30ClN3O3S. The predicted molar refractivity (Wildman–Crippen MR) is 106 cm³/mol. The van der Waals surface area contributed by atoms with Crippen molar-refractivity contribution in [3.8, 4) is 0 Å². The van der Waals surface area contributed by atoms with Crippen LogP contribution >= 0.6 is 12.4 Å². The molecule has 0 spiro atoms. The average molecular weight is 404 g/mol. The van der Waals surface area contributed by atoms with Crippen LogP contribution in [-0.4, -0.2) is 63.3 Å². The molecule has 1 unspecified atom stereocenters. The zero-order valence-corrected chi connectivity index (χ0v) is 17.4. The van der Waals surface area contributed by atoms with E-state index in [-0.39, 0.29) is 34.8 Å². The summed E-state index contributed by atoms with van der Waals surface area (Å²) in [5.74, 6) is -0.239. The highest BCUT2D eigenvalue weighted by Crippen LogP contribution is 2.28. The van der Waals surface area contributed by atoms with Crippen molar-refractivity contribution >= 4 is 28.3 Å². The van der Waals surface area contributed by atoms with E-state index >= 15 is 0 Å². The Bertz CT molecular complexity index is 697. The van der Waals surface area contributed by atoms with E-state index in [0.29, 0.717) is 19.6 Å². The van der Waals surface area contributed by atoms with Crippen LogP contribution in [0, 0.1) is 0 Å². The van der Waals surface area contributed by atoms with Crippen molar-refractivity contribution in [1.29, 1.82) is 0 Å². The van der Waals surface area contributed by atoms with Crippen LogP contribution in [0.1, 0.15) is 43.0 Å². The van der Waals surface area contributed by atoms with Crippen LogP contribution in [0.25, 0.3) is 0 Å². The molecule has 8 heteroatoms. The van der Waals surface area contributed by atoms with Gasteiger partial charge >= 0.3 is 0 Å². The van der Waals surface area contributed by atoms with Gasteiger partial charge in [0.25, 0.3) is 5.91 Å². The first kappa shape index (κ1) is 22.9. The number of benzene rings is 1. The van der Waals surface area contributed by atoms with E-state index < -0.39 is 10.0 Å². The smallest absolute Gasteiger partial charge is 0.254 e. The Morgan fingerprint density at radius 2 is 2.04 bits per heavy atom. The average Bonchev–Trinajstić information content (AvgIpc) is 3.08. The maximum atomic E-state index is 13.2. The number of amides is 1. The zero-order chi connectivity index (χ0) is 18.4. The number of hydrogen-bond acceptors (Lipinski definition) is 4. The lowest BCUT2D eigenvalue weighted by molar-refractivity contribution is 0.0789. The van der Waals surface area contributed by atoms with Gasteiger partial charge in [0.05, 0.1) is 10.5 Å². The van der Waals surface area contributed by atoms with Gasteiger partial charge in [-0.2, -0.15) is 4.31 Å². The molecule has 0 aromatic heterocycles.